The summed E-state index contributed by atoms with van der Waals surface area (Å²) in [5, 5.41) is 10.5. The summed E-state index contributed by atoms with van der Waals surface area (Å²) in [5.41, 5.74) is 1.88. The maximum atomic E-state index is 10.5. The van der Waals surface area contributed by atoms with Crippen LogP contribution in [0, 0.1) is 0 Å². The summed E-state index contributed by atoms with van der Waals surface area (Å²) in [6.07, 6.45) is -0.621. The van der Waals surface area contributed by atoms with Gasteiger partial charge in [0.2, 0.25) is 0 Å². The number of hydrogen-bond acceptors (Lipinski definition) is 5. The van der Waals surface area contributed by atoms with Crippen LogP contribution in [0.4, 0.5) is 0 Å². The Labute approximate surface area is 143 Å². The van der Waals surface area contributed by atoms with Crippen LogP contribution >= 0.6 is 0 Å². The van der Waals surface area contributed by atoms with Crippen LogP contribution in [0.2, 0.25) is 0 Å². The van der Waals surface area contributed by atoms with E-state index < -0.39 is 6.10 Å². The maximum absolute atomic E-state index is 10.5. The molecule has 0 saturated carbocycles. The van der Waals surface area contributed by atoms with Gasteiger partial charge in [-0.1, -0.05) is 24.3 Å². The van der Waals surface area contributed by atoms with Gasteiger partial charge in [-0.05, 0) is 30.8 Å². The van der Waals surface area contributed by atoms with Crippen LogP contribution in [-0.2, 0) is 6.54 Å². The van der Waals surface area contributed by atoms with Gasteiger partial charge in [0.1, 0.15) is 5.75 Å². The van der Waals surface area contributed by atoms with Gasteiger partial charge in [-0.2, -0.15) is 0 Å². The van der Waals surface area contributed by atoms with Crippen LogP contribution in [0.25, 0.3) is 0 Å². The van der Waals surface area contributed by atoms with Crippen molar-refractivity contribution < 1.29 is 19.3 Å². The molecule has 1 atom stereocenters. The first-order valence-electron chi connectivity index (χ1n) is 7.79. The quantitative estimate of drug-likeness (QED) is 0.806. The van der Waals surface area contributed by atoms with Crippen molar-refractivity contribution in [3.63, 3.8) is 0 Å². The van der Waals surface area contributed by atoms with E-state index in [9.17, 15) is 5.11 Å². The Morgan fingerprint density at radius 3 is 2.25 bits per heavy atom. The maximum Gasteiger partial charge on any atom is 0.161 e. The standard InChI is InChI=1S/C19H25NO4/c1-20(12-15-7-5-6-8-17(15)22-2)13-16(21)14-9-10-18(23-3)19(11-14)24-4/h5-11,16,21H,12-13H2,1-4H3. The lowest BCUT2D eigenvalue weighted by atomic mass is 10.1. The zero-order valence-corrected chi connectivity index (χ0v) is 14.7. The van der Waals surface area contributed by atoms with E-state index in [0.717, 1.165) is 16.9 Å². The van der Waals surface area contributed by atoms with Gasteiger partial charge in [0.05, 0.1) is 27.4 Å². The number of aliphatic hydroxyl groups excluding tert-OH is 1. The van der Waals surface area contributed by atoms with Crippen molar-refractivity contribution in [2.75, 3.05) is 34.9 Å². The third-order valence-electron chi connectivity index (χ3n) is 3.91. The molecule has 130 valence electrons. The van der Waals surface area contributed by atoms with E-state index in [-0.39, 0.29) is 0 Å². The van der Waals surface area contributed by atoms with Gasteiger partial charge in [0.15, 0.2) is 11.5 Å². The molecule has 0 bridgehead atoms. The van der Waals surface area contributed by atoms with Gasteiger partial charge in [0.25, 0.3) is 0 Å². The Balaban J connectivity index is 2.04. The molecule has 0 saturated heterocycles. The number of nitrogens with zero attached hydrogens (tertiary/aromatic N) is 1. The first-order valence-corrected chi connectivity index (χ1v) is 7.79. The van der Waals surface area contributed by atoms with Crippen LogP contribution < -0.4 is 14.2 Å². The van der Waals surface area contributed by atoms with E-state index in [0.29, 0.717) is 24.6 Å². The zero-order valence-electron chi connectivity index (χ0n) is 14.7. The Morgan fingerprint density at radius 2 is 1.58 bits per heavy atom. The van der Waals surface area contributed by atoms with Gasteiger partial charge in [-0.25, -0.2) is 0 Å². The minimum absolute atomic E-state index is 0.494. The topological polar surface area (TPSA) is 51.2 Å². The van der Waals surface area contributed by atoms with E-state index in [1.54, 1.807) is 33.5 Å². The van der Waals surface area contributed by atoms with Crippen LogP contribution in [0.5, 0.6) is 17.2 Å². The van der Waals surface area contributed by atoms with Crippen molar-refractivity contribution >= 4 is 0 Å². The summed E-state index contributed by atoms with van der Waals surface area (Å²) in [6.45, 7) is 1.18. The Kier molecular flexibility index (Phi) is 6.46. The lowest BCUT2D eigenvalue weighted by Gasteiger charge is -2.22. The molecule has 5 heteroatoms. The van der Waals surface area contributed by atoms with Crippen molar-refractivity contribution in [2.24, 2.45) is 0 Å². The highest BCUT2D eigenvalue weighted by molar-refractivity contribution is 5.43. The molecule has 2 aromatic rings. The molecule has 0 amide bonds. The van der Waals surface area contributed by atoms with Gasteiger partial charge in [-0.15, -0.1) is 0 Å². The number of para-hydroxylation sites is 1. The number of hydrogen-bond donors (Lipinski definition) is 1. The monoisotopic (exact) mass is 331 g/mol. The van der Waals surface area contributed by atoms with E-state index >= 15 is 0 Å². The second-order valence-corrected chi connectivity index (χ2v) is 5.64. The molecule has 24 heavy (non-hydrogen) atoms. The molecule has 0 radical (unpaired) electrons. The Morgan fingerprint density at radius 1 is 0.917 bits per heavy atom. The van der Waals surface area contributed by atoms with E-state index in [2.05, 4.69) is 4.90 Å². The SMILES string of the molecule is COc1ccccc1CN(C)CC(O)c1ccc(OC)c(OC)c1. The number of methoxy groups -OCH3 is 3. The molecule has 1 N–H and O–H groups in total. The fourth-order valence-electron chi connectivity index (χ4n) is 2.65. The molecule has 0 aliphatic carbocycles. The molecule has 5 nitrogen and oxygen atoms in total. The summed E-state index contributed by atoms with van der Waals surface area (Å²) < 4.78 is 15.9. The van der Waals surface area contributed by atoms with Crippen molar-refractivity contribution in [3.05, 3.63) is 53.6 Å². The van der Waals surface area contributed by atoms with Gasteiger partial charge < -0.3 is 19.3 Å². The van der Waals surface area contributed by atoms with E-state index in [1.807, 2.05) is 37.4 Å². The predicted molar refractivity (Wildman–Crippen MR) is 93.8 cm³/mol. The number of benzene rings is 2. The third-order valence-corrected chi connectivity index (χ3v) is 3.91. The molecule has 0 fully saturated rings. The summed E-state index contributed by atoms with van der Waals surface area (Å²) in [6, 6.07) is 13.4. The molecule has 0 aliphatic heterocycles. The smallest absolute Gasteiger partial charge is 0.161 e. The fraction of sp³-hybridized carbons (Fsp3) is 0.368. The van der Waals surface area contributed by atoms with E-state index in [1.165, 1.54) is 0 Å². The first-order chi connectivity index (χ1) is 11.6. The third kappa shape index (κ3) is 4.40. The highest BCUT2D eigenvalue weighted by Gasteiger charge is 2.15. The second-order valence-electron chi connectivity index (χ2n) is 5.64. The highest BCUT2D eigenvalue weighted by Crippen LogP contribution is 2.30. The minimum Gasteiger partial charge on any atom is -0.496 e. The molecule has 0 aliphatic rings. The number of ether oxygens (including phenoxy) is 3. The molecule has 0 spiro atoms. The summed E-state index contributed by atoms with van der Waals surface area (Å²) in [7, 11) is 6.81. The predicted octanol–water partition coefficient (Wildman–Crippen LogP) is 2.88. The molecular formula is C19H25NO4. The normalized spacial score (nSPS) is 12.1. The fourth-order valence-corrected chi connectivity index (χ4v) is 2.65. The van der Waals surface area contributed by atoms with Crippen molar-refractivity contribution in [3.8, 4) is 17.2 Å². The summed E-state index contributed by atoms with van der Waals surface area (Å²) in [4.78, 5) is 2.05. The summed E-state index contributed by atoms with van der Waals surface area (Å²) >= 11 is 0. The van der Waals surface area contributed by atoms with Crippen LogP contribution in [0.3, 0.4) is 0 Å². The van der Waals surface area contributed by atoms with Crippen LogP contribution in [-0.4, -0.2) is 44.9 Å². The lowest BCUT2D eigenvalue weighted by molar-refractivity contribution is 0.123. The molecule has 0 aromatic heterocycles. The van der Waals surface area contributed by atoms with Crippen LogP contribution in [0.1, 0.15) is 17.2 Å². The summed E-state index contributed by atoms with van der Waals surface area (Å²) in [5.74, 6) is 2.11. The number of aliphatic hydroxyl groups is 1. The average Bonchev–Trinajstić information content (AvgIpc) is 2.61. The first kappa shape index (κ1) is 18.1. The molecule has 2 aromatic carbocycles. The van der Waals surface area contributed by atoms with Gasteiger partial charge >= 0.3 is 0 Å². The van der Waals surface area contributed by atoms with Crippen molar-refractivity contribution in [1.82, 2.24) is 4.90 Å². The molecular weight excluding hydrogens is 306 g/mol. The van der Waals surface area contributed by atoms with E-state index in [4.69, 9.17) is 14.2 Å². The van der Waals surface area contributed by atoms with Gasteiger partial charge in [0, 0.05) is 18.7 Å². The Hall–Kier alpha value is -2.24. The molecule has 0 heterocycles. The van der Waals surface area contributed by atoms with Gasteiger partial charge in [-0.3, -0.25) is 4.90 Å². The Bertz CT molecular complexity index is 660. The molecule has 1 unspecified atom stereocenters. The largest absolute Gasteiger partial charge is 0.496 e. The zero-order chi connectivity index (χ0) is 17.5. The minimum atomic E-state index is -0.621. The number of likely N-dealkylation sites (N-methyl/N-ethyl adjacent to an activating group) is 1. The van der Waals surface area contributed by atoms with Crippen LogP contribution in [0.15, 0.2) is 42.5 Å². The lowest BCUT2D eigenvalue weighted by Crippen LogP contribution is -2.24. The van der Waals surface area contributed by atoms with Crippen molar-refractivity contribution in [2.45, 2.75) is 12.6 Å². The average molecular weight is 331 g/mol. The number of rotatable bonds is 8. The van der Waals surface area contributed by atoms with Crippen molar-refractivity contribution in [1.29, 1.82) is 0 Å². The highest BCUT2D eigenvalue weighted by atomic mass is 16.5. The molecule has 2 rings (SSSR count). The second kappa shape index (κ2) is 8.57.